The zero-order valence-electron chi connectivity index (χ0n) is 11.1. The van der Waals surface area contributed by atoms with Crippen LogP contribution in [-0.4, -0.2) is 17.2 Å². The van der Waals surface area contributed by atoms with E-state index in [-0.39, 0.29) is 11.6 Å². The van der Waals surface area contributed by atoms with E-state index in [1.807, 2.05) is 18.3 Å². The van der Waals surface area contributed by atoms with Crippen molar-refractivity contribution in [2.45, 2.75) is 31.4 Å². The summed E-state index contributed by atoms with van der Waals surface area (Å²) in [5, 5.41) is 1.13. The zero-order chi connectivity index (χ0) is 13.3. The highest BCUT2D eigenvalue weighted by molar-refractivity contribution is 5.79. The first-order valence-corrected chi connectivity index (χ1v) is 6.68. The van der Waals surface area contributed by atoms with Gasteiger partial charge in [0.25, 0.3) is 0 Å². The summed E-state index contributed by atoms with van der Waals surface area (Å²) in [4.78, 5) is 4.34. The minimum Gasteiger partial charge on any atom is -0.373 e. The molecule has 19 heavy (non-hydrogen) atoms. The molecular formula is C15H19N3O. The third kappa shape index (κ3) is 2.23. The Morgan fingerprint density at radius 1 is 1.42 bits per heavy atom. The van der Waals surface area contributed by atoms with Gasteiger partial charge in [0.2, 0.25) is 0 Å². The molecule has 4 nitrogen and oxygen atoms in total. The summed E-state index contributed by atoms with van der Waals surface area (Å²) in [7, 11) is 0. The number of aromatic nitrogens is 1. The van der Waals surface area contributed by atoms with Gasteiger partial charge >= 0.3 is 0 Å². The van der Waals surface area contributed by atoms with E-state index in [4.69, 9.17) is 10.6 Å². The van der Waals surface area contributed by atoms with Gasteiger partial charge in [-0.1, -0.05) is 12.1 Å². The number of nitrogens with two attached hydrogens (primary N) is 1. The van der Waals surface area contributed by atoms with Crippen LogP contribution in [0.1, 0.15) is 31.4 Å². The molecule has 100 valence electrons. The van der Waals surface area contributed by atoms with Crippen LogP contribution in [0.25, 0.3) is 10.9 Å². The minimum atomic E-state index is -0.232. The summed E-state index contributed by atoms with van der Waals surface area (Å²) < 4.78 is 5.90. The molecule has 1 aliphatic heterocycles. The summed E-state index contributed by atoms with van der Waals surface area (Å²) in [6.45, 7) is 2.93. The fourth-order valence-corrected chi connectivity index (χ4v) is 2.93. The number of hydrogen-bond acceptors (Lipinski definition) is 4. The van der Waals surface area contributed by atoms with Crippen molar-refractivity contribution in [1.29, 1.82) is 0 Å². The van der Waals surface area contributed by atoms with Crippen LogP contribution in [0.3, 0.4) is 0 Å². The van der Waals surface area contributed by atoms with E-state index in [1.54, 1.807) is 0 Å². The number of hydrazine groups is 1. The number of hydrogen-bond donors (Lipinski definition) is 2. The third-order valence-corrected chi connectivity index (χ3v) is 3.99. The molecule has 1 aliphatic rings. The van der Waals surface area contributed by atoms with Gasteiger partial charge < -0.3 is 4.74 Å². The Bertz CT molecular complexity index is 578. The summed E-state index contributed by atoms with van der Waals surface area (Å²) >= 11 is 0. The normalized spacial score (nSPS) is 24.7. The first-order chi connectivity index (χ1) is 9.23. The molecule has 2 aromatic rings. The van der Waals surface area contributed by atoms with E-state index in [1.165, 1.54) is 0 Å². The molecule has 0 spiro atoms. The van der Waals surface area contributed by atoms with E-state index in [0.717, 1.165) is 35.9 Å². The number of fused-ring (bicyclic) bond motifs is 1. The fourth-order valence-electron chi connectivity index (χ4n) is 2.93. The first kappa shape index (κ1) is 12.5. The van der Waals surface area contributed by atoms with Gasteiger partial charge in [-0.3, -0.25) is 16.3 Å². The highest BCUT2D eigenvalue weighted by Gasteiger charge is 2.38. The van der Waals surface area contributed by atoms with Crippen molar-refractivity contribution in [3.05, 3.63) is 42.1 Å². The Kier molecular flexibility index (Phi) is 3.22. The van der Waals surface area contributed by atoms with Gasteiger partial charge in [0.15, 0.2) is 0 Å². The topological polar surface area (TPSA) is 60.2 Å². The Balaban J connectivity index is 2.01. The smallest absolute Gasteiger partial charge is 0.0862 e. The molecule has 4 heteroatoms. The monoisotopic (exact) mass is 257 g/mol. The van der Waals surface area contributed by atoms with Crippen LogP contribution < -0.4 is 11.3 Å². The first-order valence-electron chi connectivity index (χ1n) is 6.68. The Hall–Kier alpha value is -1.49. The third-order valence-electron chi connectivity index (χ3n) is 3.99. The van der Waals surface area contributed by atoms with Crippen LogP contribution in [0.5, 0.6) is 0 Å². The lowest BCUT2D eigenvalue weighted by molar-refractivity contribution is -0.0125. The SMILES string of the molecule is CC1(C(NN)c2ccc3ncccc3c2)CCCO1. The number of benzene rings is 1. The van der Waals surface area contributed by atoms with Crippen LogP contribution >= 0.6 is 0 Å². The van der Waals surface area contributed by atoms with Crippen LogP contribution in [0.2, 0.25) is 0 Å². The number of nitrogens with zero attached hydrogens (tertiary/aromatic N) is 1. The molecule has 0 bridgehead atoms. The number of rotatable bonds is 3. The van der Waals surface area contributed by atoms with Crippen molar-refractivity contribution in [3.63, 3.8) is 0 Å². The predicted molar refractivity (Wildman–Crippen MR) is 75.4 cm³/mol. The van der Waals surface area contributed by atoms with E-state index in [2.05, 4.69) is 35.5 Å². The van der Waals surface area contributed by atoms with Crippen LogP contribution in [0.4, 0.5) is 0 Å². The molecule has 2 atom stereocenters. The number of ether oxygens (including phenoxy) is 1. The molecule has 2 heterocycles. The van der Waals surface area contributed by atoms with E-state index in [9.17, 15) is 0 Å². The zero-order valence-corrected chi connectivity index (χ0v) is 11.1. The Morgan fingerprint density at radius 2 is 2.32 bits per heavy atom. The molecule has 2 unspecified atom stereocenters. The maximum Gasteiger partial charge on any atom is 0.0862 e. The molecule has 1 aromatic carbocycles. The second-order valence-electron chi connectivity index (χ2n) is 5.32. The standard InChI is InChI=1S/C15H19N3O/c1-15(7-3-9-19-15)14(18-16)12-5-6-13-11(10-12)4-2-8-17-13/h2,4-6,8,10,14,18H,3,7,9,16H2,1H3. The average molecular weight is 257 g/mol. The molecular weight excluding hydrogens is 238 g/mol. The van der Waals surface area contributed by atoms with Gasteiger partial charge in [-0.25, -0.2) is 0 Å². The van der Waals surface area contributed by atoms with Crippen molar-refractivity contribution in [3.8, 4) is 0 Å². The highest BCUT2D eigenvalue weighted by atomic mass is 16.5. The van der Waals surface area contributed by atoms with E-state index < -0.39 is 0 Å². The number of nitrogens with one attached hydrogen (secondary N) is 1. The van der Waals surface area contributed by atoms with Gasteiger partial charge in [-0.15, -0.1) is 0 Å². The summed E-state index contributed by atoms with van der Waals surface area (Å²) in [5.41, 5.74) is 4.83. The highest BCUT2D eigenvalue weighted by Crippen LogP contribution is 2.37. The van der Waals surface area contributed by atoms with Crippen molar-refractivity contribution in [1.82, 2.24) is 10.4 Å². The Morgan fingerprint density at radius 3 is 3.05 bits per heavy atom. The fraction of sp³-hybridized carbons (Fsp3) is 0.400. The molecule has 1 aromatic heterocycles. The van der Waals surface area contributed by atoms with Crippen molar-refractivity contribution < 1.29 is 4.74 Å². The molecule has 0 amide bonds. The van der Waals surface area contributed by atoms with Gasteiger partial charge in [-0.2, -0.15) is 0 Å². The maximum atomic E-state index is 5.90. The second kappa shape index (κ2) is 4.89. The van der Waals surface area contributed by atoms with Crippen LogP contribution in [-0.2, 0) is 4.74 Å². The van der Waals surface area contributed by atoms with Crippen LogP contribution in [0.15, 0.2) is 36.5 Å². The summed E-state index contributed by atoms with van der Waals surface area (Å²) in [6.07, 6.45) is 3.92. The lowest BCUT2D eigenvalue weighted by Gasteiger charge is -2.33. The molecule has 0 saturated carbocycles. The maximum absolute atomic E-state index is 5.90. The number of pyridine rings is 1. The van der Waals surface area contributed by atoms with Crippen molar-refractivity contribution >= 4 is 10.9 Å². The van der Waals surface area contributed by atoms with E-state index >= 15 is 0 Å². The lowest BCUT2D eigenvalue weighted by atomic mass is 9.87. The average Bonchev–Trinajstić information content (AvgIpc) is 2.87. The predicted octanol–water partition coefficient (Wildman–Crippen LogP) is 2.31. The molecule has 3 N–H and O–H groups in total. The largest absolute Gasteiger partial charge is 0.373 e. The van der Waals surface area contributed by atoms with Gasteiger partial charge in [0.05, 0.1) is 17.2 Å². The minimum absolute atomic E-state index is 0.000365. The molecule has 3 rings (SSSR count). The van der Waals surface area contributed by atoms with Crippen LogP contribution in [0, 0.1) is 0 Å². The van der Waals surface area contributed by atoms with Gasteiger partial charge in [-0.05, 0) is 43.5 Å². The summed E-state index contributed by atoms with van der Waals surface area (Å²) in [5.74, 6) is 5.77. The molecule has 1 fully saturated rings. The Labute approximate surface area is 112 Å². The quantitative estimate of drug-likeness (QED) is 0.654. The van der Waals surface area contributed by atoms with E-state index in [0.29, 0.717) is 0 Å². The molecule has 0 aliphatic carbocycles. The van der Waals surface area contributed by atoms with Crippen molar-refractivity contribution in [2.75, 3.05) is 6.61 Å². The molecule has 0 radical (unpaired) electrons. The van der Waals surface area contributed by atoms with Gasteiger partial charge in [0.1, 0.15) is 0 Å². The second-order valence-corrected chi connectivity index (χ2v) is 5.32. The van der Waals surface area contributed by atoms with Gasteiger partial charge in [0, 0.05) is 18.2 Å². The lowest BCUT2D eigenvalue weighted by Crippen LogP contribution is -2.44. The van der Waals surface area contributed by atoms with Crippen molar-refractivity contribution in [2.24, 2.45) is 5.84 Å². The molecule has 1 saturated heterocycles. The summed E-state index contributed by atoms with van der Waals surface area (Å²) in [6, 6.07) is 10.3.